The van der Waals surface area contributed by atoms with Crippen molar-refractivity contribution >= 4 is 5.69 Å². The molecule has 94 valence electrons. The lowest BCUT2D eigenvalue weighted by atomic mass is 10.1. The van der Waals surface area contributed by atoms with Crippen molar-refractivity contribution in [3.05, 3.63) is 42.0 Å². The molecule has 0 bridgehead atoms. The van der Waals surface area contributed by atoms with Gasteiger partial charge in [0.05, 0.1) is 13.7 Å². The molecule has 1 aliphatic rings. The van der Waals surface area contributed by atoms with Crippen LogP contribution in [-0.4, -0.2) is 23.1 Å². The van der Waals surface area contributed by atoms with Gasteiger partial charge in [-0.15, -0.1) is 0 Å². The van der Waals surface area contributed by atoms with E-state index >= 15 is 0 Å². The molecule has 2 aromatic rings. The van der Waals surface area contributed by atoms with Crippen LogP contribution in [0.5, 0.6) is 5.75 Å². The molecule has 3 rings (SSSR count). The third-order valence-electron chi connectivity index (χ3n) is 3.52. The van der Waals surface area contributed by atoms with Crippen molar-refractivity contribution in [2.75, 3.05) is 12.0 Å². The lowest BCUT2D eigenvalue weighted by Gasteiger charge is -2.23. The summed E-state index contributed by atoms with van der Waals surface area (Å²) in [6.45, 7) is 3.07. The standard InChI is InChI=1S/C14H17N3O/c1-10-7-11-8-12(18-2)3-4-13(11)17(10)9-14-15-5-6-16-14/h3-6,8,10H,7,9H2,1-2H3,(H,15,16). The number of ether oxygens (including phenoxy) is 1. The van der Waals surface area contributed by atoms with Crippen molar-refractivity contribution in [1.82, 2.24) is 9.97 Å². The number of methoxy groups -OCH3 is 1. The van der Waals surface area contributed by atoms with E-state index < -0.39 is 0 Å². The van der Waals surface area contributed by atoms with Gasteiger partial charge >= 0.3 is 0 Å². The Kier molecular flexibility index (Phi) is 2.70. The van der Waals surface area contributed by atoms with Gasteiger partial charge in [0.2, 0.25) is 0 Å². The molecule has 0 saturated heterocycles. The number of imidazole rings is 1. The van der Waals surface area contributed by atoms with E-state index in [1.165, 1.54) is 11.3 Å². The van der Waals surface area contributed by atoms with E-state index in [4.69, 9.17) is 4.74 Å². The zero-order chi connectivity index (χ0) is 12.5. The average molecular weight is 243 g/mol. The molecule has 0 saturated carbocycles. The number of aromatic nitrogens is 2. The van der Waals surface area contributed by atoms with Gasteiger partial charge in [-0.3, -0.25) is 0 Å². The molecule has 1 aliphatic heterocycles. The van der Waals surface area contributed by atoms with Crippen LogP contribution in [0.2, 0.25) is 0 Å². The predicted molar refractivity (Wildman–Crippen MR) is 70.9 cm³/mol. The molecule has 1 unspecified atom stereocenters. The highest BCUT2D eigenvalue weighted by Crippen LogP contribution is 2.35. The summed E-state index contributed by atoms with van der Waals surface area (Å²) in [6, 6.07) is 6.79. The van der Waals surface area contributed by atoms with Gasteiger partial charge in [0, 0.05) is 24.1 Å². The summed E-state index contributed by atoms with van der Waals surface area (Å²) in [4.78, 5) is 9.84. The fraction of sp³-hybridized carbons (Fsp3) is 0.357. The Morgan fingerprint density at radius 2 is 2.39 bits per heavy atom. The summed E-state index contributed by atoms with van der Waals surface area (Å²) in [5, 5.41) is 0. The van der Waals surface area contributed by atoms with Gasteiger partial charge in [-0.1, -0.05) is 0 Å². The number of H-pyrrole nitrogens is 1. The molecule has 0 aliphatic carbocycles. The molecule has 0 radical (unpaired) electrons. The van der Waals surface area contributed by atoms with Gasteiger partial charge in [-0.05, 0) is 37.1 Å². The maximum Gasteiger partial charge on any atom is 0.125 e. The lowest BCUT2D eigenvalue weighted by Crippen LogP contribution is -2.29. The highest BCUT2D eigenvalue weighted by atomic mass is 16.5. The maximum atomic E-state index is 5.28. The molecule has 1 N–H and O–H groups in total. The van der Waals surface area contributed by atoms with Gasteiger partial charge < -0.3 is 14.6 Å². The predicted octanol–water partition coefficient (Wildman–Crippen LogP) is 2.37. The van der Waals surface area contributed by atoms with E-state index in [0.717, 1.165) is 24.5 Å². The number of fused-ring (bicyclic) bond motifs is 1. The summed E-state index contributed by atoms with van der Waals surface area (Å²) in [5.74, 6) is 1.94. The average Bonchev–Trinajstić information content (AvgIpc) is 2.98. The van der Waals surface area contributed by atoms with Crippen molar-refractivity contribution < 1.29 is 4.74 Å². The van der Waals surface area contributed by atoms with Crippen LogP contribution in [0.15, 0.2) is 30.6 Å². The number of nitrogens with zero attached hydrogens (tertiary/aromatic N) is 2. The minimum atomic E-state index is 0.497. The van der Waals surface area contributed by atoms with E-state index in [1.54, 1.807) is 13.3 Å². The molecular formula is C14H17N3O. The summed E-state index contributed by atoms with van der Waals surface area (Å²) < 4.78 is 5.28. The quantitative estimate of drug-likeness (QED) is 0.899. The molecule has 0 spiro atoms. The van der Waals surface area contributed by atoms with Crippen LogP contribution < -0.4 is 9.64 Å². The van der Waals surface area contributed by atoms with Crippen LogP contribution in [0.4, 0.5) is 5.69 Å². The third kappa shape index (κ3) is 1.83. The van der Waals surface area contributed by atoms with E-state index in [2.05, 4.69) is 33.9 Å². The molecule has 0 fully saturated rings. The Morgan fingerprint density at radius 1 is 1.50 bits per heavy atom. The molecule has 4 heteroatoms. The summed E-state index contributed by atoms with van der Waals surface area (Å²) in [5.41, 5.74) is 2.65. The summed E-state index contributed by atoms with van der Waals surface area (Å²) >= 11 is 0. The van der Waals surface area contributed by atoms with Crippen LogP contribution in [0.25, 0.3) is 0 Å². The normalized spacial score (nSPS) is 17.9. The third-order valence-corrected chi connectivity index (χ3v) is 3.52. The summed E-state index contributed by atoms with van der Waals surface area (Å²) in [7, 11) is 1.71. The Hall–Kier alpha value is -1.97. The van der Waals surface area contributed by atoms with Crippen molar-refractivity contribution in [3.63, 3.8) is 0 Å². The first-order chi connectivity index (χ1) is 8.78. The molecule has 1 aromatic carbocycles. The van der Waals surface area contributed by atoms with Crippen LogP contribution in [0, 0.1) is 0 Å². The van der Waals surface area contributed by atoms with Crippen molar-refractivity contribution in [1.29, 1.82) is 0 Å². The monoisotopic (exact) mass is 243 g/mol. The first kappa shape index (κ1) is 11.1. The number of aromatic amines is 1. The largest absolute Gasteiger partial charge is 0.497 e. The van der Waals surface area contributed by atoms with E-state index in [9.17, 15) is 0 Å². The van der Waals surface area contributed by atoms with Crippen molar-refractivity contribution in [2.45, 2.75) is 25.9 Å². The number of hydrogen-bond acceptors (Lipinski definition) is 3. The van der Waals surface area contributed by atoms with Gasteiger partial charge in [-0.25, -0.2) is 4.98 Å². The van der Waals surface area contributed by atoms with Crippen molar-refractivity contribution in [3.8, 4) is 5.75 Å². The Labute approximate surface area is 107 Å². The smallest absolute Gasteiger partial charge is 0.125 e. The van der Waals surface area contributed by atoms with Crippen molar-refractivity contribution in [2.24, 2.45) is 0 Å². The Balaban J connectivity index is 1.89. The second-order valence-corrected chi connectivity index (χ2v) is 4.71. The first-order valence-corrected chi connectivity index (χ1v) is 6.19. The number of hydrogen-bond donors (Lipinski definition) is 1. The second-order valence-electron chi connectivity index (χ2n) is 4.71. The molecule has 0 amide bonds. The zero-order valence-electron chi connectivity index (χ0n) is 10.7. The Morgan fingerprint density at radius 3 is 3.11 bits per heavy atom. The topological polar surface area (TPSA) is 41.1 Å². The highest BCUT2D eigenvalue weighted by molar-refractivity contribution is 5.61. The molecule has 2 heterocycles. The van der Waals surface area contributed by atoms with Gasteiger partial charge in [-0.2, -0.15) is 0 Å². The maximum absolute atomic E-state index is 5.28. The Bertz CT molecular complexity index is 536. The zero-order valence-corrected chi connectivity index (χ0v) is 10.7. The molecule has 1 atom stereocenters. The SMILES string of the molecule is COc1ccc2c(c1)CC(C)N2Cc1ncc[nH]1. The fourth-order valence-electron chi connectivity index (χ4n) is 2.59. The number of rotatable bonds is 3. The van der Waals surface area contributed by atoms with Crippen LogP contribution in [-0.2, 0) is 13.0 Å². The molecule has 18 heavy (non-hydrogen) atoms. The van der Waals surface area contributed by atoms with E-state index in [0.29, 0.717) is 6.04 Å². The van der Waals surface area contributed by atoms with Crippen LogP contribution in [0.1, 0.15) is 18.3 Å². The number of anilines is 1. The van der Waals surface area contributed by atoms with E-state index in [1.807, 2.05) is 12.3 Å². The van der Waals surface area contributed by atoms with Gasteiger partial charge in [0.25, 0.3) is 0 Å². The molecule has 4 nitrogen and oxygen atoms in total. The number of nitrogens with one attached hydrogen (secondary N) is 1. The molecular weight excluding hydrogens is 226 g/mol. The minimum Gasteiger partial charge on any atom is -0.497 e. The van der Waals surface area contributed by atoms with Gasteiger partial charge in [0.1, 0.15) is 11.6 Å². The number of benzene rings is 1. The van der Waals surface area contributed by atoms with Crippen LogP contribution >= 0.6 is 0 Å². The second kappa shape index (κ2) is 4.37. The van der Waals surface area contributed by atoms with Crippen LogP contribution in [0.3, 0.4) is 0 Å². The van der Waals surface area contributed by atoms with Gasteiger partial charge in [0.15, 0.2) is 0 Å². The fourth-order valence-corrected chi connectivity index (χ4v) is 2.59. The highest BCUT2D eigenvalue weighted by Gasteiger charge is 2.26. The first-order valence-electron chi connectivity index (χ1n) is 6.19. The molecule has 1 aromatic heterocycles. The van der Waals surface area contributed by atoms with E-state index in [-0.39, 0.29) is 0 Å². The minimum absolute atomic E-state index is 0.497. The lowest BCUT2D eigenvalue weighted by molar-refractivity contribution is 0.414. The summed E-state index contributed by atoms with van der Waals surface area (Å²) in [6.07, 6.45) is 4.73.